The zero-order valence-electron chi connectivity index (χ0n) is 18.4. The van der Waals surface area contributed by atoms with Crippen LogP contribution in [-0.2, 0) is 20.9 Å². The van der Waals surface area contributed by atoms with Crippen molar-refractivity contribution in [3.05, 3.63) is 65.2 Å². The molecule has 0 saturated carbocycles. The van der Waals surface area contributed by atoms with Crippen LogP contribution in [-0.4, -0.2) is 77.2 Å². The molecule has 14 heteroatoms. The highest BCUT2D eigenvalue weighted by Gasteiger charge is 2.68. The lowest BCUT2D eigenvalue weighted by Crippen LogP contribution is -2.63. The fraction of sp³-hybridized carbons (Fsp3) is 0.600. The van der Waals surface area contributed by atoms with Crippen molar-refractivity contribution in [1.82, 2.24) is 19.1 Å². The number of rotatable bonds is 5. The third-order valence-electron chi connectivity index (χ3n) is 6.51. The van der Waals surface area contributed by atoms with Crippen molar-refractivity contribution in [2.24, 2.45) is 0 Å². The molecule has 0 unspecified atom stereocenters. The molecule has 0 aliphatic carbocycles. The van der Waals surface area contributed by atoms with Crippen LogP contribution in [0, 0.1) is 13.8 Å². The highest BCUT2D eigenvalue weighted by Crippen LogP contribution is 2.53. The van der Waals surface area contributed by atoms with Gasteiger partial charge in [-0.2, -0.15) is 0 Å². The molecule has 2 saturated heterocycles. The van der Waals surface area contributed by atoms with Crippen LogP contribution < -0.4 is 22.5 Å². The van der Waals surface area contributed by atoms with E-state index in [1.807, 2.05) is 0 Å². The summed E-state index contributed by atoms with van der Waals surface area (Å²) in [7, 11) is 0. The minimum absolute atomic E-state index is 0.0851. The first-order valence-electron chi connectivity index (χ1n) is 10.6. The maximum atomic E-state index is 13.0. The van der Waals surface area contributed by atoms with Gasteiger partial charge in [0.05, 0.1) is 25.4 Å². The van der Waals surface area contributed by atoms with Crippen LogP contribution in [0.1, 0.15) is 24.0 Å². The summed E-state index contributed by atoms with van der Waals surface area (Å²) in [4.78, 5) is 54.4. The quantitative estimate of drug-likeness (QED) is 0.246. The predicted molar refractivity (Wildman–Crippen MR) is 113 cm³/mol. The van der Waals surface area contributed by atoms with Crippen LogP contribution in [0.3, 0.4) is 0 Å². The minimum atomic E-state index is -2.11. The van der Waals surface area contributed by atoms with E-state index in [1.165, 1.54) is 13.8 Å². The lowest BCUT2D eigenvalue weighted by Gasteiger charge is -2.46. The van der Waals surface area contributed by atoms with E-state index in [9.17, 15) is 39.6 Å². The number of nitrogens with one attached hydrogen (secondary N) is 2. The molecular formula is C20H26N4O10. The second kappa shape index (κ2) is 8.41. The summed E-state index contributed by atoms with van der Waals surface area (Å²) in [6.45, 7) is 1.51. The number of aryl methyl sites for hydroxylation is 2. The predicted octanol–water partition coefficient (Wildman–Crippen LogP) is -3.71. The van der Waals surface area contributed by atoms with Gasteiger partial charge in [0.2, 0.25) is 11.4 Å². The number of aromatic amines is 2. The number of aromatic nitrogens is 4. The maximum absolute atomic E-state index is 13.0. The topological polar surface area (TPSA) is 209 Å². The molecule has 0 aromatic carbocycles. The zero-order valence-corrected chi connectivity index (χ0v) is 18.4. The first kappa shape index (κ1) is 24.3. The minimum Gasteiger partial charge on any atom is -0.394 e. The Balaban J connectivity index is 2.12. The first-order chi connectivity index (χ1) is 16.0. The third-order valence-corrected chi connectivity index (χ3v) is 6.51. The van der Waals surface area contributed by atoms with Gasteiger partial charge in [0.25, 0.3) is 11.1 Å². The Morgan fingerprint density at radius 3 is 1.47 bits per heavy atom. The Kier molecular flexibility index (Phi) is 6.00. The number of hydrogen-bond donors (Lipinski definition) is 6. The van der Waals surface area contributed by atoms with E-state index in [2.05, 4.69) is 9.97 Å². The van der Waals surface area contributed by atoms with Crippen molar-refractivity contribution in [1.29, 1.82) is 0 Å². The van der Waals surface area contributed by atoms with Crippen molar-refractivity contribution in [3.8, 4) is 0 Å². The number of aliphatic hydroxyl groups is 4. The maximum Gasteiger partial charge on any atom is 0.330 e. The molecule has 6 atom stereocenters. The highest BCUT2D eigenvalue weighted by molar-refractivity contribution is 5.14. The molecule has 6 N–H and O–H groups in total. The Bertz CT molecular complexity index is 1230. The average Bonchev–Trinajstić information content (AvgIpc) is 3.31. The summed E-state index contributed by atoms with van der Waals surface area (Å²) in [5.74, 6) is 0. The van der Waals surface area contributed by atoms with Crippen molar-refractivity contribution < 1.29 is 29.9 Å². The number of H-pyrrole nitrogens is 2. The molecule has 14 nitrogen and oxygen atoms in total. The Morgan fingerprint density at radius 1 is 0.824 bits per heavy atom. The van der Waals surface area contributed by atoms with Crippen molar-refractivity contribution in [3.63, 3.8) is 0 Å². The van der Waals surface area contributed by atoms with E-state index in [-0.39, 0.29) is 11.1 Å². The Labute approximate surface area is 190 Å². The molecule has 2 aromatic rings. The van der Waals surface area contributed by atoms with Gasteiger partial charge >= 0.3 is 11.4 Å². The molecular weight excluding hydrogens is 456 g/mol. The summed E-state index contributed by atoms with van der Waals surface area (Å²) >= 11 is 0. The van der Waals surface area contributed by atoms with E-state index >= 15 is 0 Å². The second-order valence-electron chi connectivity index (χ2n) is 8.67. The van der Waals surface area contributed by atoms with Crippen LogP contribution in [0.4, 0.5) is 0 Å². The van der Waals surface area contributed by atoms with E-state index in [0.29, 0.717) is 0 Å². The largest absolute Gasteiger partial charge is 0.394 e. The van der Waals surface area contributed by atoms with E-state index in [4.69, 9.17) is 9.47 Å². The molecule has 34 heavy (non-hydrogen) atoms. The van der Waals surface area contributed by atoms with Crippen LogP contribution >= 0.6 is 0 Å². The van der Waals surface area contributed by atoms with Crippen molar-refractivity contribution in [2.45, 2.75) is 62.6 Å². The second-order valence-corrected chi connectivity index (χ2v) is 8.67. The van der Waals surface area contributed by atoms with Crippen LogP contribution in [0.2, 0.25) is 0 Å². The number of nitrogens with zero attached hydrogens (tertiary/aromatic N) is 2. The van der Waals surface area contributed by atoms with Gasteiger partial charge < -0.3 is 29.9 Å². The van der Waals surface area contributed by atoms with Gasteiger partial charge in [-0.1, -0.05) is 0 Å². The van der Waals surface area contributed by atoms with Gasteiger partial charge in [0.1, 0.15) is 12.2 Å². The first-order valence-corrected chi connectivity index (χ1v) is 10.6. The molecule has 0 spiro atoms. The monoisotopic (exact) mass is 482 g/mol. The summed E-state index contributed by atoms with van der Waals surface area (Å²) in [5.41, 5.74) is -7.35. The lowest BCUT2D eigenvalue weighted by atomic mass is 9.89. The standard InChI is InChI=1S/C20H26N4O10/c1-9-5-23(17(31)21-15(9)29)19(3-11(27)13(7-25)33-19)20(4-12(28)14(8-26)34-20)24-6-10(2)16(30)22-18(24)32/h5-6,11-14,25-28H,3-4,7-8H2,1-2H3,(H,21,29,31)(H,22,30,32)/t11-,12-,13+,14+,19-,20-/m0/s1. The van der Waals surface area contributed by atoms with Gasteiger partial charge in [0.15, 0.2) is 0 Å². The van der Waals surface area contributed by atoms with E-state index < -0.39 is 84.4 Å². The van der Waals surface area contributed by atoms with Crippen molar-refractivity contribution in [2.75, 3.05) is 13.2 Å². The molecule has 4 heterocycles. The van der Waals surface area contributed by atoms with Crippen LogP contribution in [0.15, 0.2) is 31.6 Å². The van der Waals surface area contributed by atoms with Gasteiger partial charge in [-0.25, -0.2) is 9.59 Å². The Hall–Kier alpha value is -2.88. The van der Waals surface area contributed by atoms with Gasteiger partial charge in [-0.05, 0) is 13.8 Å². The SMILES string of the molecule is Cc1cn([C@@]2([C@]3(n4cc(C)c(=O)[nH]c4=O)C[C@H](O)[C@@H](CO)O3)C[C@H](O)[C@@H](CO)O2)c(=O)[nH]c1=O. The summed E-state index contributed by atoms with van der Waals surface area (Å²) in [6, 6.07) is 0. The molecule has 2 aliphatic heterocycles. The fourth-order valence-corrected chi connectivity index (χ4v) is 4.76. The summed E-state index contributed by atoms with van der Waals surface area (Å²) in [6.07, 6.45) is -3.70. The van der Waals surface area contributed by atoms with Gasteiger partial charge in [-0.3, -0.25) is 28.7 Å². The average molecular weight is 482 g/mol. The molecule has 4 rings (SSSR count). The third kappa shape index (κ3) is 3.41. The van der Waals surface area contributed by atoms with E-state index in [0.717, 1.165) is 21.5 Å². The lowest BCUT2D eigenvalue weighted by molar-refractivity contribution is -0.286. The van der Waals surface area contributed by atoms with Gasteiger partial charge in [0, 0.05) is 36.4 Å². The highest BCUT2D eigenvalue weighted by atomic mass is 16.6. The summed E-state index contributed by atoms with van der Waals surface area (Å²) < 4.78 is 14.0. The van der Waals surface area contributed by atoms with Gasteiger partial charge in [-0.15, -0.1) is 0 Å². The summed E-state index contributed by atoms with van der Waals surface area (Å²) in [5, 5.41) is 41.0. The molecule has 2 aliphatic rings. The molecule has 0 bridgehead atoms. The van der Waals surface area contributed by atoms with Crippen LogP contribution in [0.25, 0.3) is 0 Å². The molecule has 2 aromatic heterocycles. The van der Waals surface area contributed by atoms with Crippen LogP contribution in [0.5, 0.6) is 0 Å². The number of hydrogen-bond acceptors (Lipinski definition) is 10. The molecule has 0 amide bonds. The zero-order chi connectivity index (χ0) is 25.0. The number of aliphatic hydroxyl groups excluding tert-OH is 4. The number of ether oxygens (including phenoxy) is 2. The fourth-order valence-electron chi connectivity index (χ4n) is 4.76. The Morgan fingerprint density at radius 2 is 1.18 bits per heavy atom. The molecule has 0 radical (unpaired) electrons. The molecule has 2 fully saturated rings. The van der Waals surface area contributed by atoms with Crippen molar-refractivity contribution >= 4 is 0 Å². The molecule has 186 valence electrons. The normalized spacial score (nSPS) is 33.5. The smallest absolute Gasteiger partial charge is 0.330 e. The van der Waals surface area contributed by atoms with E-state index in [1.54, 1.807) is 0 Å².